The van der Waals surface area contributed by atoms with Crippen LogP contribution >= 0.6 is 0 Å². The van der Waals surface area contributed by atoms with Crippen molar-refractivity contribution in [1.82, 2.24) is 20.9 Å². The maximum absolute atomic E-state index is 14.1. The molecule has 0 heterocycles. The smallest absolute Gasteiger partial charge is 0.452 e. The topological polar surface area (TPSA) is 162 Å². The van der Waals surface area contributed by atoms with Crippen LogP contribution < -0.4 is 16.0 Å². The molecule has 0 radical (unpaired) electrons. The Kier molecular flexibility index (Phi) is 11.7. The second-order valence-electron chi connectivity index (χ2n) is 11.8. The maximum Gasteiger partial charge on any atom is 0.452 e. The van der Waals surface area contributed by atoms with Gasteiger partial charge >= 0.3 is 12.1 Å². The van der Waals surface area contributed by atoms with E-state index in [1.807, 2.05) is 24.3 Å². The van der Waals surface area contributed by atoms with Gasteiger partial charge in [-0.25, -0.2) is 0 Å². The Morgan fingerprint density at radius 2 is 1.30 bits per heavy atom. The number of ketones is 1. The van der Waals surface area contributed by atoms with Gasteiger partial charge in [0.15, 0.2) is 0 Å². The molecule has 4 amide bonds. The molecule has 0 spiro atoms. The van der Waals surface area contributed by atoms with Crippen LogP contribution in [0.15, 0.2) is 48.5 Å². The first-order valence-corrected chi connectivity index (χ1v) is 14.7. The van der Waals surface area contributed by atoms with Crippen LogP contribution in [0.5, 0.6) is 0 Å². The fourth-order valence-electron chi connectivity index (χ4n) is 5.18. The number of nitrogens with zero attached hydrogens (tertiary/aromatic N) is 1. The first-order chi connectivity index (χ1) is 21.5. The van der Waals surface area contributed by atoms with Crippen molar-refractivity contribution in [1.29, 1.82) is 0 Å². The molecule has 11 nitrogen and oxygen atoms in total. The van der Waals surface area contributed by atoms with Gasteiger partial charge in [-0.2, -0.15) is 13.2 Å². The number of nitrogens with one attached hydrogen (secondary N) is 3. The third kappa shape index (κ3) is 9.14. The number of carbonyl (C=O) groups is 6. The average molecular weight is 647 g/mol. The van der Waals surface area contributed by atoms with Gasteiger partial charge in [0.2, 0.25) is 11.8 Å². The monoisotopic (exact) mass is 646 g/mol. The molecule has 2 atom stereocenters. The van der Waals surface area contributed by atoms with E-state index >= 15 is 0 Å². The number of fused-ring (bicyclic) bond motifs is 1. The second kappa shape index (κ2) is 15.0. The molecular formula is C32H37F3N4O7. The number of hydrogen-bond acceptors (Lipinski definition) is 6. The number of carboxylic acids is 1. The molecule has 2 aromatic rings. The fraction of sp³-hybridized carbons (Fsp3) is 0.438. The molecule has 248 valence electrons. The molecule has 0 fully saturated rings. The second-order valence-corrected chi connectivity index (χ2v) is 11.8. The highest BCUT2D eigenvalue weighted by molar-refractivity contribution is 6.00. The number of Topliss-reactive ketones (excluding diaryl/α,β-unsaturated/α-hetero) is 1. The molecule has 0 saturated carbocycles. The molecule has 2 aromatic carbocycles. The van der Waals surface area contributed by atoms with E-state index < -0.39 is 84.6 Å². The predicted octanol–water partition coefficient (Wildman–Crippen LogP) is 2.52. The van der Waals surface area contributed by atoms with Crippen molar-refractivity contribution in [2.75, 3.05) is 13.1 Å². The van der Waals surface area contributed by atoms with Crippen LogP contribution in [-0.4, -0.2) is 82.8 Å². The van der Waals surface area contributed by atoms with E-state index in [4.69, 9.17) is 5.11 Å². The maximum atomic E-state index is 14.1. The lowest BCUT2D eigenvalue weighted by Crippen LogP contribution is -2.58. The van der Waals surface area contributed by atoms with Crippen LogP contribution in [-0.2, 0) is 32.0 Å². The van der Waals surface area contributed by atoms with Crippen molar-refractivity contribution in [3.63, 3.8) is 0 Å². The van der Waals surface area contributed by atoms with Crippen LogP contribution in [0.3, 0.4) is 0 Å². The molecule has 1 unspecified atom stereocenters. The van der Waals surface area contributed by atoms with E-state index in [2.05, 4.69) is 16.0 Å². The molecule has 1 aliphatic carbocycles. The van der Waals surface area contributed by atoms with Gasteiger partial charge in [-0.3, -0.25) is 28.8 Å². The number of amides is 4. The first kappa shape index (κ1) is 35.7. The molecule has 4 N–H and O–H groups in total. The zero-order chi connectivity index (χ0) is 34.3. The Morgan fingerprint density at radius 3 is 1.76 bits per heavy atom. The Morgan fingerprint density at radius 1 is 0.804 bits per heavy atom. The number of alkyl halides is 3. The largest absolute Gasteiger partial charge is 0.480 e. The van der Waals surface area contributed by atoms with E-state index in [0.29, 0.717) is 12.8 Å². The molecular weight excluding hydrogens is 609 g/mol. The lowest BCUT2D eigenvalue weighted by molar-refractivity contribution is -0.175. The van der Waals surface area contributed by atoms with Gasteiger partial charge in [0.25, 0.3) is 17.6 Å². The molecule has 14 heteroatoms. The lowest BCUT2D eigenvalue weighted by Gasteiger charge is -2.34. The highest BCUT2D eigenvalue weighted by Gasteiger charge is 2.45. The number of carboxylic acid groups (broad SMARTS) is 1. The van der Waals surface area contributed by atoms with Gasteiger partial charge < -0.3 is 26.0 Å². The number of hydrogen-bond donors (Lipinski definition) is 4. The normalized spacial score (nSPS) is 14.3. The Labute approximate surface area is 263 Å². The Bertz CT molecular complexity index is 1450. The summed E-state index contributed by atoms with van der Waals surface area (Å²) in [4.78, 5) is 76.5. The summed E-state index contributed by atoms with van der Waals surface area (Å²) in [5.74, 6) is -7.60. The van der Waals surface area contributed by atoms with E-state index in [1.54, 1.807) is 13.8 Å². The minimum absolute atomic E-state index is 0.0937. The van der Waals surface area contributed by atoms with Gasteiger partial charge in [-0.05, 0) is 60.1 Å². The van der Waals surface area contributed by atoms with E-state index in [-0.39, 0.29) is 11.1 Å². The molecule has 0 aromatic heterocycles. The van der Waals surface area contributed by atoms with Gasteiger partial charge in [0.05, 0.1) is 12.6 Å². The molecule has 0 bridgehead atoms. The summed E-state index contributed by atoms with van der Waals surface area (Å²) in [6.45, 7) is 4.85. The quantitative estimate of drug-likeness (QED) is 0.260. The molecule has 46 heavy (non-hydrogen) atoms. The standard InChI is InChI=1S/C32H37F3N4O7/c1-17(2)26(28(43)32(33,34)35)37-24(40)16-39(23-13-21-7-5-6-8-22(21)14-23)31(46)27(18(3)4)38-30(45)20-11-9-19(10-12-20)29(44)36-15-25(41)42/h5-12,17-18,23,26-27H,13-16H2,1-4H3,(H,36,44)(H,37,40)(H,38,45)(H,41,42)/t26?,27-/m0/s1. The lowest BCUT2D eigenvalue weighted by atomic mass is 9.98. The zero-order valence-corrected chi connectivity index (χ0v) is 25.8. The van der Waals surface area contributed by atoms with Crippen molar-refractivity contribution >= 4 is 35.4 Å². The van der Waals surface area contributed by atoms with Crippen molar-refractivity contribution in [3.8, 4) is 0 Å². The predicted molar refractivity (Wildman–Crippen MR) is 160 cm³/mol. The number of rotatable bonds is 13. The van der Waals surface area contributed by atoms with Crippen LogP contribution in [0.2, 0.25) is 0 Å². The number of carbonyl (C=O) groups excluding carboxylic acids is 5. The Hall–Kier alpha value is -4.75. The van der Waals surface area contributed by atoms with Crippen LogP contribution in [0.1, 0.15) is 59.5 Å². The number of benzene rings is 2. The van der Waals surface area contributed by atoms with Crippen molar-refractivity contribution in [3.05, 3.63) is 70.8 Å². The molecule has 0 aliphatic heterocycles. The van der Waals surface area contributed by atoms with Crippen LogP contribution in [0.25, 0.3) is 0 Å². The molecule has 1 aliphatic rings. The number of aliphatic carboxylic acids is 1. The first-order valence-electron chi connectivity index (χ1n) is 14.7. The third-order valence-electron chi connectivity index (χ3n) is 7.64. The zero-order valence-electron chi connectivity index (χ0n) is 25.8. The molecule has 0 saturated heterocycles. The van der Waals surface area contributed by atoms with Crippen molar-refractivity contribution < 1.29 is 47.0 Å². The summed E-state index contributed by atoms with van der Waals surface area (Å²) >= 11 is 0. The number of halogens is 3. The van der Waals surface area contributed by atoms with Crippen molar-refractivity contribution in [2.45, 2.75) is 64.8 Å². The van der Waals surface area contributed by atoms with Gasteiger partial charge in [0.1, 0.15) is 12.6 Å². The summed E-state index contributed by atoms with van der Waals surface area (Å²) in [7, 11) is 0. The summed E-state index contributed by atoms with van der Waals surface area (Å²) in [6.07, 6.45) is -4.43. The van der Waals surface area contributed by atoms with Gasteiger partial charge in [-0.1, -0.05) is 52.0 Å². The summed E-state index contributed by atoms with van der Waals surface area (Å²) < 4.78 is 39.7. The van der Waals surface area contributed by atoms with E-state index in [1.165, 1.54) is 43.0 Å². The van der Waals surface area contributed by atoms with E-state index in [9.17, 15) is 41.9 Å². The minimum Gasteiger partial charge on any atom is -0.480 e. The van der Waals surface area contributed by atoms with E-state index in [0.717, 1.165) is 11.1 Å². The summed E-state index contributed by atoms with van der Waals surface area (Å²) in [6, 6.07) is 9.15. The minimum atomic E-state index is -5.17. The van der Waals surface area contributed by atoms with Gasteiger partial charge in [-0.15, -0.1) is 0 Å². The highest BCUT2D eigenvalue weighted by atomic mass is 19.4. The highest BCUT2D eigenvalue weighted by Crippen LogP contribution is 2.27. The van der Waals surface area contributed by atoms with Crippen LogP contribution in [0.4, 0.5) is 13.2 Å². The fourth-order valence-corrected chi connectivity index (χ4v) is 5.18. The van der Waals surface area contributed by atoms with Crippen molar-refractivity contribution in [2.24, 2.45) is 11.8 Å². The molecule has 3 rings (SSSR count). The summed E-state index contributed by atoms with van der Waals surface area (Å²) in [5, 5.41) is 15.8. The summed E-state index contributed by atoms with van der Waals surface area (Å²) in [5.41, 5.74) is 2.08. The van der Waals surface area contributed by atoms with Gasteiger partial charge in [0, 0.05) is 17.2 Å². The van der Waals surface area contributed by atoms with Crippen LogP contribution in [0, 0.1) is 11.8 Å². The average Bonchev–Trinajstić information content (AvgIpc) is 3.42. The Balaban J connectivity index is 1.84. The SMILES string of the molecule is CC(C)C(NC(=O)CN(C(=O)[C@@H](NC(=O)c1ccc(C(=O)NCC(=O)O)cc1)C(C)C)C1Cc2ccccc2C1)C(=O)C(F)(F)F. The third-order valence-corrected chi connectivity index (χ3v) is 7.64.